The molecule has 1 aromatic rings. The Morgan fingerprint density at radius 3 is 2.24 bits per heavy atom. The second-order valence-corrected chi connectivity index (χ2v) is 12.4. The van der Waals surface area contributed by atoms with E-state index in [0.29, 0.717) is 13.0 Å². The van der Waals surface area contributed by atoms with Crippen LogP contribution in [0.4, 0.5) is 0 Å². The minimum absolute atomic E-state index is 0.0507. The number of hydrogen-bond donors (Lipinski definition) is 2. The molecule has 0 aromatic heterocycles. The highest BCUT2D eigenvalue weighted by Crippen LogP contribution is 2.30. The lowest BCUT2D eigenvalue weighted by Gasteiger charge is -2.39. The molecule has 42 heavy (non-hydrogen) atoms. The van der Waals surface area contributed by atoms with Crippen LogP contribution in [-0.2, 0) is 23.9 Å². The SMILES string of the molecule is CC[C@H](C)C([C@@H](CC(=O)N1CCC[C@H]1C(OC)[C@@H](C)C(=O)N[C@H](C)C(O)c1ccccc1)OC)N(C)C(=O)CC(C)C. The first-order chi connectivity index (χ1) is 19.9. The molecule has 0 aliphatic carbocycles. The summed E-state index contributed by atoms with van der Waals surface area (Å²) in [4.78, 5) is 43.7. The first-order valence-electron chi connectivity index (χ1n) is 15.5. The summed E-state index contributed by atoms with van der Waals surface area (Å²) >= 11 is 0. The Kier molecular flexibility index (Phi) is 14.4. The Hall–Kier alpha value is -2.49. The lowest BCUT2D eigenvalue weighted by molar-refractivity contribution is -0.146. The lowest BCUT2D eigenvalue weighted by Crippen LogP contribution is -2.53. The van der Waals surface area contributed by atoms with Crippen molar-refractivity contribution in [3.05, 3.63) is 35.9 Å². The standard InChI is InChI=1S/C33H55N3O6/c1-10-22(4)30(35(7)28(37)19-21(2)3)27(41-8)20-29(38)36-18-14-17-26(36)32(42-9)23(5)33(40)34-24(6)31(39)25-15-12-11-13-16-25/h11-13,15-16,21-24,26-27,30-32,39H,10,14,17-20H2,1-9H3,(H,34,40)/t22-,23+,24+,26-,27+,30?,31?,32?/m0/s1. The topological polar surface area (TPSA) is 108 Å². The average molecular weight is 590 g/mol. The van der Waals surface area contributed by atoms with Crippen molar-refractivity contribution >= 4 is 17.7 Å². The van der Waals surface area contributed by atoms with Crippen molar-refractivity contribution in [2.24, 2.45) is 17.8 Å². The smallest absolute Gasteiger partial charge is 0.225 e. The summed E-state index contributed by atoms with van der Waals surface area (Å²) in [6, 6.07) is 8.22. The second kappa shape index (κ2) is 17.0. The summed E-state index contributed by atoms with van der Waals surface area (Å²) < 4.78 is 11.8. The molecule has 0 saturated carbocycles. The van der Waals surface area contributed by atoms with Crippen LogP contribution < -0.4 is 5.32 Å². The quantitative estimate of drug-likeness (QED) is 0.299. The average Bonchev–Trinajstić information content (AvgIpc) is 3.46. The third-order valence-electron chi connectivity index (χ3n) is 8.87. The number of likely N-dealkylation sites (tertiary alicyclic amines) is 1. The third kappa shape index (κ3) is 9.25. The van der Waals surface area contributed by atoms with Gasteiger partial charge in [0, 0.05) is 34.2 Å². The molecule has 0 bridgehead atoms. The molecule has 9 heteroatoms. The van der Waals surface area contributed by atoms with E-state index in [1.807, 2.05) is 56.1 Å². The normalized spacial score (nSPS) is 20.4. The van der Waals surface area contributed by atoms with Crippen LogP contribution in [0.5, 0.6) is 0 Å². The van der Waals surface area contributed by atoms with Crippen LogP contribution in [-0.4, -0.2) is 90.8 Å². The van der Waals surface area contributed by atoms with Crippen LogP contribution in [0.3, 0.4) is 0 Å². The van der Waals surface area contributed by atoms with Gasteiger partial charge in [0.2, 0.25) is 17.7 Å². The van der Waals surface area contributed by atoms with Gasteiger partial charge in [-0.05, 0) is 37.2 Å². The number of amides is 3. The second-order valence-electron chi connectivity index (χ2n) is 12.4. The molecule has 3 unspecified atom stereocenters. The van der Waals surface area contributed by atoms with E-state index in [0.717, 1.165) is 24.8 Å². The van der Waals surface area contributed by atoms with Crippen molar-refractivity contribution in [3.8, 4) is 0 Å². The highest BCUT2D eigenvalue weighted by molar-refractivity contribution is 5.81. The first-order valence-corrected chi connectivity index (χ1v) is 15.5. The molecular weight excluding hydrogens is 534 g/mol. The number of hydrogen-bond acceptors (Lipinski definition) is 6. The molecule has 1 heterocycles. The van der Waals surface area contributed by atoms with Gasteiger partial charge in [0.05, 0.1) is 48.8 Å². The Morgan fingerprint density at radius 1 is 1.05 bits per heavy atom. The number of carbonyl (C=O) groups excluding carboxylic acids is 3. The van der Waals surface area contributed by atoms with Crippen molar-refractivity contribution in [1.82, 2.24) is 15.1 Å². The molecule has 1 saturated heterocycles. The van der Waals surface area contributed by atoms with E-state index >= 15 is 0 Å². The summed E-state index contributed by atoms with van der Waals surface area (Å²) in [5.74, 6) is -0.424. The maximum atomic E-state index is 13.8. The van der Waals surface area contributed by atoms with Gasteiger partial charge in [0.1, 0.15) is 0 Å². The van der Waals surface area contributed by atoms with Gasteiger partial charge in [-0.1, -0.05) is 71.4 Å². The summed E-state index contributed by atoms with van der Waals surface area (Å²) in [6.07, 6.45) is 1.15. The fourth-order valence-corrected chi connectivity index (χ4v) is 6.19. The molecule has 238 valence electrons. The Bertz CT molecular complexity index is 989. The number of ether oxygens (including phenoxy) is 2. The maximum Gasteiger partial charge on any atom is 0.225 e. The molecule has 2 rings (SSSR count). The summed E-state index contributed by atoms with van der Waals surface area (Å²) in [5.41, 5.74) is 0.730. The van der Waals surface area contributed by atoms with E-state index in [9.17, 15) is 19.5 Å². The van der Waals surface area contributed by atoms with E-state index in [1.165, 1.54) is 0 Å². The monoisotopic (exact) mass is 589 g/mol. The largest absolute Gasteiger partial charge is 0.386 e. The number of methoxy groups -OCH3 is 2. The fourth-order valence-electron chi connectivity index (χ4n) is 6.19. The molecule has 8 atom stereocenters. The maximum absolute atomic E-state index is 13.8. The summed E-state index contributed by atoms with van der Waals surface area (Å²) in [5, 5.41) is 13.7. The van der Waals surface area contributed by atoms with E-state index in [4.69, 9.17) is 9.47 Å². The predicted molar refractivity (Wildman–Crippen MR) is 165 cm³/mol. The molecule has 0 radical (unpaired) electrons. The number of carbonyl (C=O) groups is 3. The fraction of sp³-hybridized carbons (Fsp3) is 0.727. The lowest BCUT2D eigenvalue weighted by atomic mass is 9.90. The number of benzene rings is 1. The van der Waals surface area contributed by atoms with Crippen molar-refractivity contribution in [2.75, 3.05) is 27.8 Å². The zero-order valence-corrected chi connectivity index (χ0v) is 27.2. The van der Waals surface area contributed by atoms with E-state index in [1.54, 1.807) is 33.0 Å². The minimum Gasteiger partial charge on any atom is -0.386 e. The number of likely N-dealkylation sites (N-methyl/N-ethyl adjacent to an activating group) is 1. The first kappa shape index (κ1) is 35.7. The Morgan fingerprint density at radius 2 is 1.69 bits per heavy atom. The molecular formula is C33H55N3O6. The minimum atomic E-state index is -0.845. The highest BCUT2D eigenvalue weighted by atomic mass is 16.5. The molecule has 1 aliphatic heterocycles. The number of rotatable bonds is 16. The van der Waals surface area contributed by atoms with Crippen LogP contribution in [0, 0.1) is 17.8 Å². The van der Waals surface area contributed by atoms with Crippen LogP contribution in [0.15, 0.2) is 30.3 Å². The number of nitrogens with zero attached hydrogens (tertiary/aromatic N) is 2. The van der Waals surface area contributed by atoms with Crippen molar-refractivity contribution in [2.45, 2.75) is 110 Å². The number of aliphatic hydroxyl groups excluding tert-OH is 1. The zero-order valence-electron chi connectivity index (χ0n) is 27.2. The van der Waals surface area contributed by atoms with Gasteiger partial charge < -0.3 is 29.7 Å². The van der Waals surface area contributed by atoms with Gasteiger partial charge in [-0.3, -0.25) is 14.4 Å². The molecule has 0 spiro atoms. The van der Waals surface area contributed by atoms with Crippen LogP contribution in [0.1, 0.15) is 85.3 Å². The highest BCUT2D eigenvalue weighted by Gasteiger charge is 2.42. The van der Waals surface area contributed by atoms with Gasteiger partial charge in [0.25, 0.3) is 0 Å². The van der Waals surface area contributed by atoms with Gasteiger partial charge in [0.15, 0.2) is 0 Å². The molecule has 1 aliphatic rings. The number of aliphatic hydroxyl groups is 1. The molecule has 1 aromatic carbocycles. The van der Waals surface area contributed by atoms with Crippen LogP contribution in [0.25, 0.3) is 0 Å². The van der Waals surface area contributed by atoms with Gasteiger partial charge >= 0.3 is 0 Å². The molecule has 1 fully saturated rings. The third-order valence-corrected chi connectivity index (χ3v) is 8.87. The summed E-state index contributed by atoms with van der Waals surface area (Å²) in [7, 11) is 4.99. The van der Waals surface area contributed by atoms with E-state index < -0.39 is 30.3 Å². The van der Waals surface area contributed by atoms with Crippen LogP contribution in [0.2, 0.25) is 0 Å². The Labute approximate surface area is 253 Å². The zero-order chi connectivity index (χ0) is 31.6. The van der Waals surface area contributed by atoms with E-state index in [-0.39, 0.29) is 48.1 Å². The van der Waals surface area contributed by atoms with Crippen molar-refractivity contribution in [3.63, 3.8) is 0 Å². The molecule has 2 N–H and O–H groups in total. The van der Waals surface area contributed by atoms with Crippen molar-refractivity contribution in [1.29, 1.82) is 0 Å². The number of nitrogens with one attached hydrogen (secondary N) is 1. The van der Waals surface area contributed by atoms with E-state index in [2.05, 4.69) is 19.2 Å². The Balaban J connectivity index is 2.15. The van der Waals surface area contributed by atoms with Gasteiger partial charge in [-0.2, -0.15) is 0 Å². The predicted octanol–water partition coefficient (Wildman–Crippen LogP) is 4.19. The van der Waals surface area contributed by atoms with Crippen LogP contribution >= 0.6 is 0 Å². The molecule has 3 amide bonds. The molecule has 9 nitrogen and oxygen atoms in total. The van der Waals surface area contributed by atoms with Crippen molar-refractivity contribution < 1.29 is 29.0 Å². The van der Waals surface area contributed by atoms with Gasteiger partial charge in [-0.25, -0.2) is 0 Å². The van der Waals surface area contributed by atoms with Gasteiger partial charge in [-0.15, -0.1) is 0 Å². The summed E-state index contributed by atoms with van der Waals surface area (Å²) in [6.45, 7) is 12.4.